The predicted octanol–water partition coefficient (Wildman–Crippen LogP) is 4.16. The van der Waals surface area contributed by atoms with E-state index in [2.05, 4.69) is 0 Å². The Morgan fingerprint density at radius 2 is 1.55 bits per heavy atom. The molecule has 2 aromatic carbocycles. The Hall–Kier alpha value is -1.26. The van der Waals surface area contributed by atoms with Gasteiger partial charge < -0.3 is 0 Å². The van der Waals surface area contributed by atoms with E-state index in [4.69, 9.17) is 0 Å². The van der Waals surface area contributed by atoms with Gasteiger partial charge in [-0.15, -0.1) is 11.8 Å². The molecule has 0 spiro atoms. The fourth-order valence-corrected chi connectivity index (χ4v) is 4.34. The van der Waals surface area contributed by atoms with Crippen LogP contribution in [0.3, 0.4) is 0 Å². The highest BCUT2D eigenvalue weighted by molar-refractivity contribution is 7.99. The summed E-state index contributed by atoms with van der Waals surface area (Å²) in [4.78, 5) is 1.26. The Kier molecular flexibility index (Phi) is 4.89. The van der Waals surface area contributed by atoms with Crippen molar-refractivity contribution in [2.24, 2.45) is 0 Å². The molecule has 0 bridgehead atoms. The van der Waals surface area contributed by atoms with E-state index >= 15 is 0 Å². The van der Waals surface area contributed by atoms with Crippen molar-refractivity contribution in [3.63, 3.8) is 0 Å². The van der Waals surface area contributed by atoms with Gasteiger partial charge in [-0.2, -0.15) is 0 Å². The number of sulfone groups is 1. The Morgan fingerprint density at radius 3 is 2.20 bits per heavy atom. The Balaban J connectivity index is 2.25. The molecule has 0 heterocycles. The predicted molar refractivity (Wildman–Crippen MR) is 84.8 cm³/mol. The van der Waals surface area contributed by atoms with E-state index in [9.17, 15) is 8.42 Å². The molecule has 0 fully saturated rings. The van der Waals surface area contributed by atoms with Gasteiger partial charge in [-0.1, -0.05) is 42.5 Å². The number of rotatable bonds is 5. The molecular weight excluding hydrogens is 288 g/mol. The fraction of sp³-hybridized carbons (Fsp3) is 0.250. The summed E-state index contributed by atoms with van der Waals surface area (Å²) < 4.78 is 24.7. The zero-order valence-corrected chi connectivity index (χ0v) is 13.2. The van der Waals surface area contributed by atoms with Crippen LogP contribution in [0.15, 0.2) is 64.4 Å². The van der Waals surface area contributed by atoms with Crippen molar-refractivity contribution in [1.82, 2.24) is 0 Å². The molecule has 0 atom stereocenters. The minimum atomic E-state index is -3.23. The summed E-state index contributed by atoms with van der Waals surface area (Å²) in [5.41, 5.74) is 1.19. The van der Waals surface area contributed by atoms with Crippen LogP contribution in [0.5, 0.6) is 0 Å². The molecule has 0 amide bonds. The molecule has 2 aromatic rings. The third-order valence-electron chi connectivity index (χ3n) is 3.01. The number of thioether (sulfide) groups is 1. The Bertz CT molecular complexity index is 662. The molecule has 0 aliphatic carbocycles. The van der Waals surface area contributed by atoms with Gasteiger partial charge in [-0.05, 0) is 31.5 Å². The van der Waals surface area contributed by atoms with Gasteiger partial charge >= 0.3 is 0 Å². The minimum Gasteiger partial charge on any atom is -0.223 e. The summed E-state index contributed by atoms with van der Waals surface area (Å²) in [5, 5.41) is -0.402. The molecule has 20 heavy (non-hydrogen) atoms. The zero-order valence-electron chi connectivity index (χ0n) is 11.6. The molecule has 0 saturated carbocycles. The highest BCUT2D eigenvalue weighted by Crippen LogP contribution is 2.31. The first kappa shape index (κ1) is 15.1. The highest BCUT2D eigenvalue weighted by Gasteiger charge is 2.22. The quantitative estimate of drug-likeness (QED) is 0.778. The molecule has 0 unspecified atom stereocenters. The van der Waals surface area contributed by atoms with E-state index in [1.807, 2.05) is 42.5 Å². The van der Waals surface area contributed by atoms with Crippen molar-refractivity contribution >= 4 is 21.6 Å². The molecule has 0 aliphatic heterocycles. The van der Waals surface area contributed by atoms with E-state index in [1.54, 1.807) is 37.7 Å². The molecule has 0 N–H and O–H groups in total. The maximum absolute atomic E-state index is 12.4. The standard InChI is InChI=1S/C16H18O2S2/c1-13(2)20(17,18)16-11-7-6-10-15(16)19-12-14-8-4-3-5-9-14/h3-11,13H,12H2,1-2H3. The molecule has 0 aliphatic rings. The molecule has 0 radical (unpaired) electrons. The summed E-state index contributed by atoms with van der Waals surface area (Å²) in [6.07, 6.45) is 0. The summed E-state index contributed by atoms with van der Waals surface area (Å²) >= 11 is 1.57. The van der Waals surface area contributed by atoms with Crippen LogP contribution in [0.4, 0.5) is 0 Å². The lowest BCUT2D eigenvalue weighted by Gasteiger charge is -2.12. The molecule has 2 nitrogen and oxygen atoms in total. The smallest absolute Gasteiger partial charge is 0.181 e. The summed E-state index contributed by atoms with van der Waals surface area (Å²) in [5.74, 6) is 0.769. The van der Waals surface area contributed by atoms with Gasteiger partial charge in [0.15, 0.2) is 9.84 Å². The van der Waals surface area contributed by atoms with Crippen LogP contribution in [-0.4, -0.2) is 13.7 Å². The fourth-order valence-electron chi connectivity index (χ4n) is 1.79. The molecule has 106 valence electrons. The van der Waals surface area contributed by atoms with Crippen LogP contribution < -0.4 is 0 Å². The van der Waals surface area contributed by atoms with Crippen LogP contribution >= 0.6 is 11.8 Å². The lowest BCUT2D eigenvalue weighted by molar-refractivity contribution is 0.585. The second-order valence-electron chi connectivity index (χ2n) is 4.81. The summed E-state index contributed by atoms with van der Waals surface area (Å²) in [6, 6.07) is 17.3. The number of hydrogen-bond acceptors (Lipinski definition) is 3. The van der Waals surface area contributed by atoms with Crippen LogP contribution in [0.2, 0.25) is 0 Å². The second-order valence-corrected chi connectivity index (χ2v) is 8.30. The number of hydrogen-bond donors (Lipinski definition) is 0. The largest absolute Gasteiger partial charge is 0.223 e. The highest BCUT2D eigenvalue weighted by atomic mass is 32.2. The van der Waals surface area contributed by atoms with E-state index in [0.29, 0.717) is 4.90 Å². The topological polar surface area (TPSA) is 34.1 Å². The molecule has 4 heteroatoms. The Labute approximate surface area is 125 Å². The first-order valence-electron chi connectivity index (χ1n) is 6.51. The van der Waals surface area contributed by atoms with Gasteiger partial charge in [0.05, 0.1) is 10.1 Å². The van der Waals surface area contributed by atoms with Gasteiger partial charge in [-0.25, -0.2) is 8.42 Å². The van der Waals surface area contributed by atoms with Crippen molar-refractivity contribution in [2.45, 2.75) is 34.6 Å². The Morgan fingerprint density at radius 1 is 0.950 bits per heavy atom. The van der Waals surface area contributed by atoms with Gasteiger partial charge in [0, 0.05) is 10.6 Å². The molecule has 2 rings (SSSR count). The minimum absolute atomic E-state index is 0.402. The monoisotopic (exact) mass is 306 g/mol. The van der Waals surface area contributed by atoms with Crippen molar-refractivity contribution < 1.29 is 8.42 Å². The van der Waals surface area contributed by atoms with E-state index in [0.717, 1.165) is 10.6 Å². The first-order chi connectivity index (χ1) is 9.51. The lowest BCUT2D eigenvalue weighted by Crippen LogP contribution is -2.14. The summed E-state index contributed by atoms with van der Waals surface area (Å²) in [6.45, 7) is 3.43. The van der Waals surface area contributed by atoms with Crippen molar-refractivity contribution in [3.05, 3.63) is 60.2 Å². The second kappa shape index (κ2) is 6.46. The maximum atomic E-state index is 12.4. The van der Waals surface area contributed by atoms with Crippen molar-refractivity contribution in [2.75, 3.05) is 0 Å². The van der Waals surface area contributed by atoms with E-state index < -0.39 is 15.1 Å². The SMILES string of the molecule is CC(C)S(=O)(=O)c1ccccc1SCc1ccccc1. The van der Waals surface area contributed by atoms with Crippen LogP contribution in [0, 0.1) is 0 Å². The average molecular weight is 306 g/mol. The third kappa shape index (κ3) is 3.44. The van der Waals surface area contributed by atoms with Gasteiger partial charge in [0.2, 0.25) is 0 Å². The van der Waals surface area contributed by atoms with Gasteiger partial charge in [0.1, 0.15) is 0 Å². The van der Waals surface area contributed by atoms with Gasteiger partial charge in [-0.3, -0.25) is 0 Å². The third-order valence-corrected chi connectivity index (χ3v) is 6.50. The van der Waals surface area contributed by atoms with Crippen LogP contribution in [0.25, 0.3) is 0 Å². The van der Waals surface area contributed by atoms with Crippen molar-refractivity contribution in [1.29, 1.82) is 0 Å². The normalized spacial score (nSPS) is 11.8. The average Bonchev–Trinajstić information content (AvgIpc) is 2.46. The maximum Gasteiger partial charge on any atom is 0.181 e. The zero-order chi connectivity index (χ0) is 14.6. The van der Waals surface area contributed by atoms with Crippen molar-refractivity contribution in [3.8, 4) is 0 Å². The first-order valence-corrected chi connectivity index (χ1v) is 9.04. The van der Waals surface area contributed by atoms with Gasteiger partial charge in [0.25, 0.3) is 0 Å². The molecule has 0 saturated heterocycles. The molecule has 0 aromatic heterocycles. The lowest BCUT2D eigenvalue weighted by atomic mass is 10.2. The van der Waals surface area contributed by atoms with Crippen LogP contribution in [0.1, 0.15) is 19.4 Å². The number of benzene rings is 2. The van der Waals surface area contributed by atoms with Crippen LogP contribution in [-0.2, 0) is 15.6 Å². The summed E-state index contributed by atoms with van der Waals surface area (Å²) in [7, 11) is -3.23. The van der Waals surface area contributed by atoms with E-state index in [1.165, 1.54) is 5.56 Å². The molecular formula is C16H18O2S2. The van der Waals surface area contributed by atoms with E-state index in [-0.39, 0.29) is 0 Å².